The Bertz CT molecular complexity index is 594. The SMILES string of the molecule is CC[N+](C)(CC)CC1CO1.O=S(=O)([N-]S(=O)(=O)C(F)(F)F)C(F)(F)F. The highest BCUT2D eigenvalue weighted by Gasteiger charge is 2.46. The second-order valence-corrected chi connectivity index (χ2v) is 8.73. The average Bonchev–Trinajstić information content (AvgIpc) is 3.19. The second-order valence-electron chi connectivity index (χ2n) is 5.31. The fourth-order valence-electron chi connectivity index (χ4n) is 1.36. The van der Waals surface area contributed by atoms with Crippen LogP contribution in [0, 0.1) is 0 Å². The Hall–Kier alpha value is -0.640. The summed E-state index contributed by atoms with van der Waals surface area (Å²) in [5.41, 5.74) is -12.4. The molecule has 1 unspecified atom stereocenters. The van der Waals surface area contributed by atoms with Crippen LogP contribution in [0.1, 0.15) is 13.8 Å². The fourth-order valence-corrected chi connectivity index (χ4v) is 3.07. The molecule has 0 aliphatic carbocycles. The Morgan fingerprint density at radius 2 is 1.28 bits per heavy atom. The number of ether oxygens (including phenoxy) is 1. The van der Waals surface area contributed by atoms with E-state index in [1.165, 1.54) is 19.6 Å². The quantitative estimate of drug-likeness (QED) is 0.369. The van der Waals surface area contributed by atoms with Crippen LogP contribution in [0.15, 0.2) is 0 Å². The van der Waals surface area contributed by atoms with Gasteiger partial charge in [0, 0.05) is 0 Å². The number of likely N-dealkylation sites (N-methyl/N-ethyl adjacent to an activating group) is 1. The molecule has 0 aromatic heterocycles. The Morgan fingerprint density at radius 1 is 0.960 bits per heavy atom. The van der Waals surface area contributed by atoms with Crippen molar-refractivity contribution in [2.24, 2.45) is 0 Å². The van der Waals surface area contributed by atoms with Crippen molar-refractivity contribution in [1.29, 1.82) is 0 Å². The largest absolute Gasteiger partial charge is 0.480 e. The number of quaternary nitrogens is 1. The zero-order valence-electron chi connectivity index (χ0n) is 13.4. The average molecular weight is 424 g/mol. The zero-order chi connectivity index (χ0) is 20.3. The molecular formula is C10H18F6N2O5S2. The van der Waals surface area contributed by atoms with Crippen LogP contribution in [0.3, 0.4) is 0 Å². The first kappa shape index (κ1) is 24.4. The van der Waals surface area contributed by atoms with E-state index in [1.54, 1.807) is 0 Å². The van der Waals surface area contributed by atoms with E-state index in [0.717, 1.165) is 15.2 Å². The third-order valence-electron chi connectivity index (χ3n) is 3.35. The van der Waals surface area contributed by atoms with E-state index in [2.05, 4.69) is 20.9 Å². The number of hydrogen-bond acceptors (Lipinski definition) is 5. The molecule has 15 heteroatoms. The molecule has 0 aromatic carbocycles. The van der Waals surface area contributed by atoms with E-state index in [-0.39, 0.29) is 0 Å². The smallest absolute Gasteiger partial charge is 0.421 e. The highest BCUT2D eigenvalue weighted by molar-refractivity contribution is 8.13. The molecule has 1 fully saturated rings. The summed E-state index contributed by atoms with van der Waals surface area (Å²) < 4.78 is 116. The van der Waals surface area contributed by atoms with Crippen molar-refractivity contribution in [2.45, 2.75) is 31.0 Å². The van der Waals surface area contributed by atoms with Crippen LogP contribution in [-0.4, -0.2) is 71.7 Å². The number of alkyl halides is 6. The van der Waals surface area contributed by atoms with Crippen LogP contribution in [0.2, 0.25) is 0 Å². The van der Waals surface area contributed by atoms with Crippen molar-refractivity contribution in [3.05, 3.63) is 4.13 Å². The minimum atomic E-state index is -6.72. The van der Waals surface area contributed by atoms with E-state index in [0.29, 0.717) is 6.10 Å². The van der Waals surface area contributed by atoms with Gasteiger partial charge in [-0.05, 0) is 13.8 Å². The number of halogens is 6. The number of hydrogen-bond donors (Lipinski definition) is 0. The molecule has 0 saturated carbocycles. The third-order valence-corrected chi connectivity index (χ3v) is 6.09. The maximum Gasteiger partial charge on any atom is 0.480 e. The van der Waals surface area contributed by atoms with Crippen molar-refractivity contribution in [1.82, 2.24) is 0 Å². The first-order valence-corrected chi connectivity index (χ1v) is 9.61. The summed E-state index contributed by atoms with van der Waals surface area (Å²) in [6.45, 7) is 9.12. The van der Waals surface area contributed by atoms with Crippen molar-refractivity contribution < 1.29 is 52.4 Å². The number of rotatable bonds is 6. The predicted octanol–water partition coefficient (Wildman–Crippen LogP) is 1.93. The Labute approximate surface area is 141 Å². The lowest BCUT2D eigenvalue weighted by atomic mass is 10.3. The summed E-state index contributed by atoms with van der Waals surface area (Å²) in [6, 6.07) is 0. The molecule has 0 bridgehead atoms. The summed E-state index contributed by atoms with van der Waals surface area (Å²) in [5.74, 6) is 0. The van der Waals surface area contributed by atoms with Crippen molar-refractivity contribution in [3.63, 3.8) is 0 Å². The molecule has 7 nitrogen and oxygen atoms in total. The Kier molecular flexibility index (Phi) is 7.73. The summed E-state index contributed by atoms with van der Waals surface area (Å²) in [7, 11) is -11.1. The number of epoxide rings is 1. The number of nitrogens with zero attached hydrogens (tertiary/aromatic N) is 2. The molecule has 1 aliphatic heterocycles. The molecule has 25 heavy (non-hydrogen) atoms. The molecule has 0 aromatic rings. The van der Waals surface area contributed by atoms with Crippen LogP contribution in [0.25, 0.3) is 4.13 Å². The molecule has 0 N–H and O–H groups in total. The van der Waals surface area contributed by atoms with Gasteiger partial charge in [0.1, 0.15) is 12.6 Å². The normalized spacial score (nSPS) is 19.2. The van der Waals surface area contributed by atoms with E-state index >= 15 is 0 Å². The van der Waals surface area contributed by atoms with Gasteiger partial charge in [-0.2, -0.15) is 26.3 Å². The minimum absolute atomic E-state index is 0.574. The van der Waals surface area contributed by atoms with Crippen molar-refractivity contribution in [3.8, 4) is 0 Å². The molecule has 0 radical (unpaired) electrons. The monoisotopic (exact) mass is 424 g/mol. The number of sulfonamides is 2. The van der Waals surface area contributed by atoms with Gasteiger partial charge in [-0.1, -0.05) is 0 Å². The molecule has 1 aliphatic rings. The maximum atomic E-state index is 11.4. The lowest BCUT2D eigenvalue weighted by molar-refractivity contribution is -0.906. The van der Waals surface area contributed by atoms with Crippen LogP contribution >= 0.6 is 0 Å². The highest BCUT2D eigenvalue weighted by atomic mass is 32.3. The van der Waals surface area contributed by atoms with Crippen molar-refractivity contribution >= 4 is 20.0 Å². The van der Waals surface area contributed by atoms with E-state index in [1.807, 2.05) is 0 Å². The van der Waals surface area contributed by atoms with Gasteiger partial charge in [0.15, 0.2) is 20.0 Å². The first-order valence-electron chi connectivity index (χ1n) is 6.72. The zero-order valence-corrected chi connectivity index (χ0v) is 15.1. The standard InChI is InChI=1S/C8H18NO.C2F6NO4S2/c1-4-9(3,5-2)6-8-7-10-8;3-1(4,5)14(10,11)9-15(12,13)2(6,7)8/h8H,4-7H2,1-3H3;/q+1;-1. The second kappa shape index (κ2) is 7.94. The van der Waals surface area contributed by atoms with Gasteiger partial charge in [0.25, 0.3) is 0 Å². The molecular weight excluding hydrogens is 406 g/mol. The van der Waals surface area contributed by atoms with Crippen molar-refractivity contribution in [2.75, 3.05) is 33.3 Å². The fraction of sp³-hybridized carbons (Fsp3) is 1.00. The van der Waals surface area contributed by atoms with E-state index in [4.69, 9.17) is 4.74 Å². The lowest BCUT2D eigenvalue weighted by Crippen LogP contribution is -2.46. The Morgan fingerprint density at radius 3 is 1.48 bits per heavy atom. The summed E-state index contributed by atoms with van der Waals surface area (Å²) >= 11 is 0. The van der Waals surface area contributed by atoms with Gasteiger partial charge in [0.05, 0.1) is 26.7 Å². The molecule has 0 amide bonds. The third kappa shape index (κ3) is 7.64. The van der Waals surface area contributed by atoms with Crippen LogP contribution in [0.5, 0.6) is 0 Å². The highest BCUT2D eigenvalue weighted by Crippen LogP contribution is 2.36. The maximum absolute atomic E-state index is 11.4. The van der Waals surface area contributed by atoms with Gasteiger partial charge >= 0.3 is 11.0 Å². The molecule has 1 heterocycles. The van der Waals surface area contributed by atoms with E-state index in [9.17, 15) is 43.2 Å². The minimum Gasteiger partial charge on any atom is -0.421 e. The van der Waals surface area contributed by atoms with Crippen LogP contribution in [0.4, 0.5) is 26.3 Å². The first-order chi connectivity index (χ1) is 10.9. The lowest BCUT2D eigenvalue weighted by Gasteiger charge is -2.31. The topological polar surface area (TPSA) is 94.9 Å². The van der Waals surface area contributed by atoms with Crippen LogP contribution < -0.4 is 0 Å². The molecule has 1 saturated heterocycles. The summed E-state index contributed by atoms with van der Waals surface area (Å²) in [6.07, 6.45) is 0.574. The van der Waals surface area contributed by atoms with Gasteiger partial charge in [-0.15, -0.1) is 0 Å². The Balaban J connectivity index is 0.000000496. The van der Waals surface area contributed by atoms with Gasteiger partial charge in [0.2, 0.25) is 0 Å². The van der Waals surface area contributed by atoms with Gasteiger partial charge in [-0.3, -0.25) is 0 Å². The molecule has 152 valence electrons. The van der Waals surface area contributed by atoms with Crippen LogP contribution in [-0.2, 0) is 24.8 Å². The van der Waals surface area contributed by atoms with E-state index < -0.39 is 31.1 Å². The molecule has 1 rings (SSSR count). The summed E-state index contributed by atoms with van der Waals surface area (Å²) in [5, 5.41) is 0. The molecule has 0 spiro atoms. The van der Waals surface area contributed by atoms with Gasteiger partial charge < -0.3 is 13.3 Å². The summed E-state index contributed by atoms with van der Waals surface area (Å²) in [4.78, 5) is 0. The van der Waals surface area contributed by atoms with Gasteiger partial charge in [-0.25, -0.2) is 16.8 Å². The molecule has 1 atom stereocenters. The predicted molar refractivity (Wildman–Crippen MR) is 75.2 cm³/mol.